The fourth-order valence-electron chi connectivity index (χ4n) is 7.17. The van der Waals surface area contributed by atoms with E-state index in [-0.39, 0.29) is 18.5 Å². The average molecular weight is 814 g/mol. The molecular weight excluding hydrogens is 719 g/mol. The summed E-state index contributed by atoms with van der Waals surface area (Å²) in [6, 6.07) is -0.649. The average Bonchev–Trinajstić information content (AvgIpc) is 3.22. The van der Waals surface area contributed by atoms with Crippen LogP contribution >= 0.6 is 0 Å². The minimum absolute atomic E-state index is 0.0297. The zero-order valence-electron chi connectivity index (χ0n) is 38.3. The highest BCUT2D eigenvalue weighted by atomic mass is 16.5. The lowest BCUT2D eigenvalue weighted by atomic mass is 10.0. The van der Waals surface area contributed by atoms with Crippen LogP contribution in [-0.2, 0) is 14.3 Å². The van der Waals surface area contributed by atoms with Gasteiger partial charge in [-0.25, -0.2) is 0 Å². The molecule has 2 unspecified atom stereocenters. The van der Waals surface area contributed by atoms with Gasteiger partial charge in [0.25, 0.3) is 0 Å². The van der Waals surface area contributed by atoms with Gasteiger partial charge >= 0.3 is 5.97 Å². The van der Waals surface area contributed by atoms with E-state index in [1.54, 1.807) is 6.08 Å². The van der Waals surface area contributed by atoms with Gasteiger partial charge in [-0.3, -0.25) is 9.59 Å². The summed E-state index contributed by atoms with van der Waals surface area (Å²) >= 11 is 0. The lowest BCUT2D eigenvalue weighted by molar-refractivity contribution is -0.143. The van der Waals surface area contributed by atoms with E-state index in [0.717, 1.165) is 83.5 Å². The number of rotatable bonds is 45. The molecule has 0 radical (unpaired) electrons. The summed E-state index contributed by atoms with van der Waals surface area (Å²) in [6.45, 7) is 4.79. The molecule has 3 N–H and O–H groups in total. The predicted molar refractivity (Wildman–Crippen MR) is 250 cm³/mol. The summed E-state index contributed by atoms with van der Waals surface area (Å²) < 4.78 is 5.44. The minimum Gasteiger partial charge on any atom is -0.466 e. The Morgan fingerprint density at radius 3 is 1.40 bits per heavy atom. The summed E-state index contributed by atoms with van der Waals surface area (Å²) in [7, 11) is 0. The van der Waals surface area contributed by atoms with Crippen molar-refractivity contribution in [2.24, 2.45) is 0 Å². The van der Waals surface area contributed by atoms with E-state index in [1.807, 2.05) is 6.08 Å². The van der Waals surface area contributed by atoms with Crippen molar-refractivity contribution in [3.8, 4) is 0 Å². The molecule has 0 spiro atoms. The van der Waals surface area contributed by atoms with Gasteiger partial charge in [0.2, 0.25) is 5.91 Å². The first-order chi connectivity index (χ1) is 28.5. The normalized spacial score (nSPS) is 13.1. The van der Waals surface area contributed by atoms with E-state index in [9.17, 15) is 19.8 Å². The van der Waals surface area contributed by atoms with Gasteiger partial charge in [0.15, 0.2) is 0 Å². The summed E-state index contributed by atoms with van der Waals surface area (Å²) in [4.78, 5) is 24.4. The van der Waals surface area contributed by atoms with Gasteiger partial charge in [0.05, 0.1) is 25.4 Å². The van der Waals surface area contributed by atoms with Gasteiger partial charge in [-0.05, 0) is 83.5 Å². The van der Waals surface area contributed by atoms with Crippen molar-refractivity contribution in [2.45, 2.75) is 257 Å². The first kappa shape index (κ1) is 55.8. The first-order valence-corrected chi connectivity index (χ1v) is 24.9. The van der Waals surface area contributed by atoms with Gasteiger partial charge in [-0.1, -0.05) is 197 Å². The number of esters is 1. The number of carbonyl (C=O) groups is 2. The Hall–Kier alpha value is -2.18. The van der Waals surface area contributed by atoms with Crippen LogP contribution in [0.2, 0.25) is 0 Å². The predicted octanol–water partition coefficient (Wildman–Crippen LogP) is 14.7. The minimum atomic E-state index is -0.862. The highest BCUT2D eigenvalue weighted by molar-refractivity contribution is 5.76. The molecule has 0 aromatic carbocycles. The van der Waals surface area contributed by atoms with Crippen LogP contribution < -0.4 is 5.32 Å². The fourth-order valence-corrected chi connectivity index (χ4v) is 7.17. The number of hydrogen-bond acceptors (Lipinski definition) is 5. The summed E-state index contributed by atoms with van der Waals surface area (Å²) in [5.74, 6) is -0.130. The molecule has 0 heterocycles. The molecule has 0 aromatic rings. The van der Waals surface area contributed by atoms with E-state index < -0.39 is 12.1 Å². The number of unbranched alkanes of at least 4 members (excludes halogenated alkanes) is 28. The SMILES string of the molecule is CCCC/C=C\C/C=C\CCCCCCCC(=O)OCCCCCCCC/C=C\CCCCCC(=O)NC(CO)C(O)/C=C/CCCCCCCCCCCCCC. The number of allylic oxidation sites excluding steroid dienone is 7. The topological polar surface area (TPSA) is 95.9 Å². The Morgan fingerprint density at radius 1 is 0.483 bits per heavy atom. The second kappa shape index (κ2) is 47.5. The highest BCUT2D eigenvalue weighted by Gasteiger charge is 2.18. The third kappa shape index (κ3) is 43.4. The van der Waals surface area contributed by atoms with E-state index in [1.165, 1.54) is 135 Å². The van der Waals surface area contributed by atoms with E-state index in [0.29, 0.717) is 19.4 Å². The molecule has 0 aliphatic rings. The molecule has 0 aliphatic heterocycles. The Balaban J connectivity index is 3.56. The lowest BCUT2D eigenvalue weighted by Crippen LogP contribution is -2.45. The molecule has 0 rings (SSSR count). The molecule has 6 nitrogen and oxygen atoms in total. The van der Waals surface area contributed by atoms with Crippen molar-refractivity contribution in [1.29, 1.82) is 0 Å². The van der Waals surface area contributed by atoms with Crippen molar-refractivity contribution in [3.63, 3.8) is 0 Å². The molecule has 6 heteroatoms. The van der Waals surface area contributed by atoms with Crippen LogP contribution in [0.4, 0.5) is 0 Å². The van der Waals surface area contributed by atoms with Crippen LogP contribution in [0.25, 0.3) is 0 Å². The number of ether oxygens (including phenoxy) is 1. The van der Waals surface area contributed by atoms with Crippen LogP contribution in [0, 0.1) is 0 Å². The number of aliphatic hydroxyl groups is 2. The summed E-state index contributed by atoms with van der Waals surface area (Å²) in [5.41, 5.74) is 0. The fraction of sp³-hybridized carbons (Fsp3) is 0.808. The van der Waals surface area contributed by atoms with Crippen LogP contribution in [0.3, 0.4) is 0 Å². The molecule has 2 atom stereocenters. The molecule has 0 bridgehead atoms. The van der Waals surface area contributed by atoms with Gasteiger partial charge in [0.1, 0.15) is 0 Å². The third-order valence-corrected chi connectivity index (χ3v) is 11.1. The van der Waals surface area contributed by atoms with E-state index >= 15 is 0 Å². The summed E-state index contributed by atoms with van der Waals surface area (Å²) in [5, 5.41) is 23.0. The molecule has 0 fully saturated rings. The number of aliphatic hydroxyl groups excluding tert-OH is 2. The first-order valence-electron chi connectivity index (χ1n) is 24.9. The van der Waals surface area contributed by atoms with Gasteiger partial charge in [-0.15, -0.1) is 0 Å². The molecule has 0 saturated carbocycles. The molecular formula is C52H95NO5. The molecule has 0 aliphatic carbocycles. The lowest BCUT2D eigenvalue weighted by Gasteiger charge is -2.19. The second-order valence-corrected chi connectivity index (χ2v) is 16.8. The Bertz CT molecular complexity index is 988. The molecule has 338 valence electrons. The Morgan fingerprint density at radius 2 is 0.879 bits per heavy atom. The van der Waals surface area contributed by atoms with Gasteiger partial charge < -0.3 is 20.3 Å². The highest BCUT2D eigenvalue weighted by Crippen LogP contribution is 2.14. The number of amides is 1. The Labute approximate surface area is 359 Å². The number of carbonyl (C=O) groups excluding carboxylic acids is 2. The number of hydrogen-bond donors (Lipinski definition) is 3. The summed E-state index contributed by atoms with van der Waals surface area (Å²) in [6.07, 6.45) is 58.1. The molecule has 0 saturated heterocycles. The van der Waals surface area contributed by atoms with E-state index in [4.69, 9.17) is 4.74 Å². The van der Waals surface area contributed by atoms with Gasteiger partial charge in [0, 0.05) is 12.8 Å². The van der Waals surface area contributed by atoms with Crippen molar-refractivity contribution < 1.29 is 24.5 Å². The molecule has 58 heavy (non-hydrogen) atoms. The van der Waals surface area contributed by atoms with Crippen molar-refractivity contribution in [3.05, 3.63) is 48.6 Å². The zero-order chi connectivity index (χ0) is 42.3. The Kier molecular flexibility index (Phi) is 45.7. The van der Waals surface area contributed by atoms with E-state index in [2.05, 4.69) is 55.6 Å². The maximum Gasteiger partial charge on any atom is 0.305 e. The number of nitrogens with one attached hydrogen (secondary N) is 1. The second-order valence-electron chi connectivity index (χ2n) is 16.8. The standard InChI is InChI=1S/C52H95NO5/c1-3-5-7-9-11-13-15-17-20-24-28-32-36-40-44-50(55)49(48-54)53-51(56)45-41-37-33-29-25-21-19-23-27-31-35-39-43-47-58-52(57)46-42-38-34-30-26-22-18-16-14-12-10-8-6-4-2/h10,12,16,18,21,25,40,44,49-50,54-55H,3-9,11,13-15,17,19-20,22-24,26-39,41-43,45-48H2,1-2H3,(H,53,56)/b12-10-,18-16-,25-21-,44-40+. The van der Waals surface area contributed by atoms with Crippen molar-refractivity contribution >= 4 is 11.9 Å². The third-order valence-electron chi connectivity index (χ3n) is 11.1. The molecule has 1 amide bonds. The maximum absolute atomic E-state index is 12.4. The van der Waals surface area contributed by atoms with Crippen molar-refractivity contribution in [2.75, 3.05) is 13.2 Å². The monoisotopic (exact) mass is 814 g/mol. The van der Waals surface area contributed by atoms with Gasteiger partial charge in [-0.2, -0.15) is 0 Å². The zero-order valence-corrected chi connectivity index (χ0v) is 38.3. The van der Waals surface area contributed by atoms with Crippen LogP contribution in [0.15, 0.2) is 48.6 Å². The largest absolute Gasteiger partial charge is 0.466 e. The van der Waals surface area contributed by atoms with Crippen LogP contribution in [-0.4, -0.2) is 47.4 Å². The maximum atomic E-state index is 12.4. The molecule has 0 aromatic heterocycles. The smallest absolute Gasteiger partial charge is 0.305 e. The van der Waals surface area contributed by atoms with Crippen molar-refractivity contribution in [1.82, 2.24) is 5.32 Å². The van der Waals surface area contributed by atoms with Crippen LogP contribution in [0.5, 0.6) is 0 Å². The van der Waals surface area contributed by atoms with Crippen LogP contribution in [0.1, 0.15) is 245 Å². The quantitative estimate of drug-likeness (QED) is 0.0323.